The average Bonchev–Trinajstić information content (AvgIpc) is 2.94. The molecule has 3 nitrogen and oxygen atoms in total. The second kappa shape index (κ2) is 6.08. The van der Waals surface area contributed by atoms with Gasteiger partial charge in [0.05, 0.1) is 0 Å². The molecule has 0 spiro atoms. The fourth-order valence-electron chi connectivity index (χ4n) is 3.73. The summed E-state index contributed by atoms with van der Waals surface area (Å²) in [6, 6.07) is 0.565. The molecule has 1 heterocycles. The zero-order valence-electron chi connectivity index (χ0n) is 12.9. The van der Waals surface area contributed by atoms with E-state index in [0.29, 0.717) is 11.5 Å². The van der Waals surface area contributed by atoms with Crippen molar-refractivity contribution in [3.63, 3.8) is 0 Å². The SMILES string of the molecule is CCNC(Cc1nccn1CC)C1CCCC1(C)C. The number of nitrogens with zero attached hydrogens (tertiary/aromatic N) is 2. The van der Waals surface area contributed by atoms with E-state index in [1.807, 2.05) is 6.20 Å². The van der Waals surface area contributed by atoms with Crippen LogP contribution in [0.4, 0.5) is 0 Å². The summed E-state index contributed by atoms with van der Waals surface area (Å²) in [4.78, 5) is 4.55. The molecule has 0 aromatic carbocycles. The van der Waals surface area contributed by atoms with Crippen molar-refractivity contribution in [2.45, 2.75) is 66.0 Å². The number of rotatable bonds is 6. The molecule has 1 N–H and O–H groups in total. The van der Waals surface area contributed by atoms with Crippen LogP contribution in [0.2, 0.25) is 0 Å². The highest BCUT2D eigenvalue weighted by atomic mass is 15.1. The first-order valence-corrected chi connectivity index (χ1v) is 7.82. The van der Waals surface area contributed by atoms with Crippen LogP contribution in [-0.4, -0.2) is 22.1 Å². The molecule has 19 heavy (non-hydrogen) atoms. The topological polar surface area (TPSA) is 29.9 Å². The van der Waals surface area contributed by atoms with Crippen molar-refractivity contribution >= 4 is 0 Å². The minimum absolute atomic E-state index is 0.469. The molecule has 108 valence electrons. The van der Waals surface area contributed by atoms with Crippen LogP contribution in [0.3, 0.4) is 0 Å². The van der Waals surface area contributed by atoms with E-state index in [0.717, 1.165) is 25.4 Å². The number of nitrogens with one attached hydrogen (secondary N) is 1. The summed E-state index contributed by atoms with van der Waals surface area (Å²) in [6.45, 7) is 11.3. The summed E-state index contributed by atoms with van der Waals surface area (Å²) in [5.41, 5.74) is 0.469. The van der Waals surface area contributed by atoms with Gasteiger partial charge >= 0.3 is 0 Å². The lowest BCUT2D eigenvalue weighted by molar-refractivity contribution is 0.195. The van der Waals surface area contributed by atoms with Crippen molar-refractivity contribution in [1.29, 1.82) is 0 Å². The van der Waals surface area contributed by atoms with Gasteiger partial charge in [-0.05, 0) is 37.6 Å². The van der Waals surface area contributed by atoms with Gasteiger partial charge in [0, 0.05) is 31.4 Å². The Bertz CT molecular complexity index is 394. The van der Waals surface area contributed by atoms with Crippen LogP contribution in [0.15, 0.2) is 12.4 Å². The molecule has 0 bridgehead atoms. The van der Waals surface area contributed by atoms with E-state index >= 15 is 0 Å². The third kappa shape index (κ3) is 3.19. The maximum Gasteiger partial charge on any atom is 0.110 e. The minimum Gasteiger partial charge on any atom is -0.335 e. The molecule has 0 radical (unpaired) electrons. The Kier molecular flexibility index (Phi) is 4.67. The molecule has 3 heteroatoms. The van der Waals surface area contributed by atoms with Crippen molar-refractivity contribution in [2.24, 2.45) is 11.3 Å². The second-order valence-corrected chi connectivity index (χ2v) is 6.49. The summed E-state index contributed by atoms with van der Waals surface area (Å²) < 4.78 is 2.27. The standard InChI is InChI=1S/C16H29N3/c1-5-17-14(13-8-7-9-16(13,3)4)12-15-18-10-11-19(15)6-2/h10-11,13-14,17H,5-9,12H2,1-4H3. The van der Waals surface area contributed by atoms with Crippen LogP contribution in [0, 0.1) is 11.3 Å². The van der Waals surface area contributed by atoms with Gasteiger partial charge in [-0.25, -0.2) is 4.98 Å². The zero-order valence-corrected chi connectivity index (χ0v) is 12.9. The first-order valence-electron chi connectivity index (χ1n) is 7.82. The third-order valence-corrected chi connectivity index (χ3v) is 4.84. The van der Waals surface area contributed by atoms with Crippen molar-refractivity contribution in [3.8, 4) is 0 Å². The highest BCUT2D eigenvalue weighted by Crippen LogP contribution is 2.44. The second-order valence-electron chi connectivity index (χ2n) is 6.49. The van der Waals surface area contributed by atoms with Crippen LogP contribution in [0.25, 0.3) is 0 Å². The van der Waals surface area contributed by atoms with Gasteiger partial charge in [0.15, 0.2) is 0 Å². The molecule has 1 aromatic heterocycles. The van der Waals surface area contributed by atoms with Gasteiger partial charge in [-0.1, -0.05) is 27.2 Å². The van der Waals surface area contributed by atoms with Crippen LogP contribution < -0.4 is 5.32 Å². The monoisotopic (exact) mass is 263 g/mol. The lowest BCUT2D eigenvalue weighted by Crippen LogP contribution is -2.42. The number of likely N-dealkylation sites (N-methyl/N-ethyl adjacent to an activating group) is 1. The smallest absolute Gasteiger partial charge is 0.110 e. The highest BCUT2D eigenvalue weighted by Gasteiger charge is 2.39. The van der Waals surface area contributed by atoms with E-state index in [-0.39, 0.29) is 0 Å². The molecule has 1 aliphatic carbocycles. The lowest BCUT2D eigenvalue weighted by atomic mass is 9.76. The van der Waals surface area contributed by atoms with Crippen LogP contribution in [0.5, 0.6) is 0 Å². The van der Waals surface area contributed by atoms with Crippen molar-refractivity contribution < 1.29 is 0 Å². The van der Waals surface area contributed by atoms with Gasteiger partial charge in [0.1, 0.15) is 5.82 Å². The van der Waals surface area contributed by atoms with Crippen molar-refractivity contribution in [3.05, 3.63) is 18.2 Å². The quantitative estimate of drug-likeness (QED) is 0.854. The van der Waals surface area contributed by atoms with Crippen molar-refractivity contribution in [1.82, 2.24) is 14.9 Å². The summed E-state index contributed by atoms with van der Waals surface area (Å²) in [6.07, 6.45) is 9.18. The number of aromatic nitrogens is 2. The molecule has 1 aliphatic rings. The summed E-state index contributed by atoms with van der Waals surface area (Å²) in [5.74, 6) is 2.01. The number of aryl methyl sites for hydroxylation is 1. The largest absolute Gasteiger partial charge is 0.335 e. The maximum absolute atomic E-state index is 4.55. The Morgan fingerprint density at radius 3 is 2.84 bits per heavy atom. The van der Waals surface area contributed by atoms with E-state index in [1.165, 1.54) is 25.1 Å². The molecule has 2 rings (SSSR count). The molecule has 0 saturated heterocycles. The van der Waals surface area contributed by atoms with E-state index < -0.39 is 0 Å². The van der Waals surface area contributed by atoms with Gasteiger partial charge in [0.25, 0.3) is 0 Å². The Labute approximate surface area is 117 Å². The molecule has 0 aliphatic heterocycles. The van der Waals surface area contributed by atoms with Crippen molar-refractivity contribution in [2.75, 3.05) is 6.54 Å². The maximum atomic E-state index is 4.55. The lowest BCUT2D eigenvalue weighted by Gasteiger charge is -2.34. The van der Waals surface area contributed by atoms with Gasteiger partial charge in [-0.2, -0.15) is 0 Å². The first kappa shape index (κ1) is 14.6. The first-order chi connectivity index (χ1) is 9.08. The molecule has 1 saturated carbocycles. The molecule has 2 atom stereocenters. The minimum atomic E-state index is 0.469. The van der Waals surface area contributed by atoms with Crippen LogP contribution >= 0.6 is 0 Å². The van der Waals surface area contributed by atoms with Crippen LogP contribution in [0.1, 0.15) is 52.8 Å². The van der Waals surface area contributed by atoms with Gasteiger partial charge in [-0.3, -0.25) is 0 Å². The number of hydrogen-bond donors (Lipinski definition) is 1. The van der Waals surface area contributed by atoms with Gasteiger partial charge in [-0.15, -0.1) is 0 Å². The van der Waals surface area contributed by atoms with E-state index in [4.69, 9.17) is 0 Å². The predicted molar refractivity (Wildman–Crippen MR) is 80.2 cm³/mol. The molecule has 2 unspecified atom stereocenters. The molecular formula is C16H29N3. The van der Waals surface area contributed by atoms with Gasteiger partial charge in [0.2, 0.25) is 0 Å². The summed E-state index contributed by atoms with van der Waals surface area (Å²) in [5, 5.41) is 3.72. The Morgan fingerprint density at radius 1 is 1.47 bits per heavy atom. The fraction of sp³-hybridized carbons (Fsp3) is 0.812. The van der Waals surface area contributed by atoms with E-state index in [2.05, 4.69) is 48.8 Å². The van der Waals surface area contributed by atoms with E-state index in [1.54, 1.807) is 0 Å². The Morgan fingerprint density at radius 2 is 2.26 bits per heavy atom. The summed E-state index contributed by atoms with van der Waals surface area (Å²) in [7, 11) is 0. The molecular weight excluding hydrogens is 234 g/mol. The molecule has 1 fully saturated rings. The number of hydrogen-bond acceptors (Lipinski definition) is 2. The summed E-state index contributed by atoms with van der Waals surface area (Å²) >= 11 is 0. The average molecular weight is 263 g/mol. The molecule has 0 amide bonds. The van der Waals surface area contributed by atoms with Crippen LogP contribution in [-0.2, 0) is 13.0 Å². The zero-order chi connectivity index (χ0) is 13.9. The third-order valence-electron chi connectivity index (χ3n) is 4.84. The van der Waals surface area contributed by atoms with Gasteiger partial charge < -0.3 is 9.88 Å². The Balaban J connectivity index is 2.12. The number of imidazole rings is 1. The molecule has 1 aromatic rings. The highest BCUT2D eigenvalue weighted by molar-refractivity contribution is 5.00. The predicted octanol–water partition coefficient (Wildman–Crippen LogP) is 3.25. The Hall–Kier alpha value is -0.830. The van der Waals surface area contributed by atoms with E-state index in [9.17, 15) is 0 Å². The fourth-order valence-corrected chi connectivity index (χ4v) is 3.73. The normalized spacial score (nSPS) is 23.7.